The first-order valence-electron chi connectivity index (χ1n) is 7.49. The number of hydrogen-bond acceptors (Lipinski definition) is 3. The largest absolute Gasteiger partial charge is 0.497 e. The molecule has 0 saturated carbocycles. The SMILES string of the molecule is COc1ccc(/C=C/C(=O)NC(=S)Nc2ccc(C)c(C)c2)cc1. The third kappa shape index (κ3) is 5.21. The molecule has 2 aromatic rings. The molecule has 0 radical (unpaired) electrons. The lowest BCUT2D eigenvalue weighted by atomic mass is 10.1. The predicted octanol–water partition coefficient (Wildman–Crippen LogP) is 3.84. The molecule has 0 bridgehead atoms. The van der Waals surface area contributed by atoms with E-state index >= 15 is 0 Å². The second kappa shape index (κ2) is 8.26. The third-order valence-electron chi connectivity index (χ3n) is 3.54. The van der Waals surface area contributed by atoms with E-state index in [1.165, 1.54) is 11.6 Å². The Labute approximate surface area is 147 Å². The number of nitrogens with one attached hydrogen (secondary N) is 2. The van der Waals surface area contributed by atoms with E-state index in [9.17, 15) is 4.79 Å². The average Bonchev–Trinajstić information content (AvgIpc) is 2.56. The lowest BCUT2D eigenvalue weighted by Gasteiger charge is -2.09. The van der Waals surface area contributed by atoms with Gasteiger partial charge in [0.1, 0.15) is 5.75 Å². The Morgan fingerprint density at radius 2 is 1.79 bits per heavy atom. The van der Waals surface area contributed by atoms with E-state index in [0.29, 0.717) is 0 Å². The van der Waals surface area contributed by atoms with Crippen molar-refractivity contribution in [1.29, 1.82) is 0 Å². The summed E-state index contributed by atoms with van der Waals surface area (Å²) in [6, 6.07) is 13.3. The highest BCUT2D eigenvalue weighted by Crippen LogP contribution is 2.14. The summed E-state index contributed by atoms with van der Waals surface area (Å²) < 4.78 is 5.09. The van der Waals surface area contributed by atoms with Crippen LogP contribution in [0.2, 0.25) is 0 Å². The number of ether oxygens (including phenoxy) is 1. The molecule has 0 spiro atoms. The smallest absolute Gasteiger partial charge is 0.250 e. The molecule has 5 heteroatoms. The van der Waals surface area contributed by atoms with Crippen LogP contribution < -0.4 is 15.4 Å². The van der Waals surface area contributed by atoms with Crippen LogP contribution in [-0.2, 0) is 4.79 Å². The summed E-state index contributed by atoms with van der Waals surface area (Å²) in [5.74, 6) is 0.488. The first-order valence-corrected chi connectivity index (χ1v) is 7.90. The molecule has 4 nitrogen and oxygen atoms in total. The minimum Gasteiger partial charge on any atom is -0.497 e. The van der Waals surface area contributed by atoms with E-state index in [-0.39, 0.29) is 11.0 Å². The Morgan fingerprint density at radius 3 is 2.42 bits per heavy atom. The van der Waals surface area contributed by atoms with Crippen LogP contribution in [0.3, 0.4) is 0 Å². The number of hydrogen-bond donors (Lipinski definition) is 2. The molecule has 0 fully saturated rings. The zero-order chi connectivity index (χ0) is 17.5. The van der Waals surface area contributed by atoms with Gasteiger partial charge < -0.3 is 10.1 Å². The van der Waals surface area contributed by atoms with Crippen LogP contribution in [0.25, 0.3) is 6.08 Å². The number of aryl methyl sites for hydroxylation is 2. The van der Waals surface area contributed by atoms with E-state index in [4.69, 9.17) is 17.0 Å². The average molecular weight is 340 g/mol. The highest BCUT2D eigenvalue weighted by atomic mass is 32.1. The summed E-state index contributed by atoms with van der Waals surface area (Å²) in [6.45, 7) is 4.07. The molecule has 0 aromatic heterocycles. The Kier molecular flexibility index (Phi) is 6.09. The topological polar surface area (TPSA) is 50.4 Å². The molecule has 0 atom stereocenters. The van der Waals surface area contributed by atoms with Gasteiger partial charge in [-0.15, -0.1) is 0 Å². The molecule has 2 aromatic carbocycles. The number of amides is 1. The molecule has 0 saturated heterocycles. The summed E-state index contributed by atoms with van der Waals surface area (Å²) in [5.41, 5.74) is 4.12. The number of carbonyl (C=O) groups excluding carboxylic acids is 1. The van der Waals surface area contributed by atoms with Gasteiger partial charge in [0.2, 0.25) is 5.91 Å². The Hall–Kier alpha value is -2.66. The van der Waals surface area contributed by atoms with Crippen molar-refractivity contribution in [2.24, 2.45) is 0 Å². The minimum atomic E-state index is -0.285. The van der Waals surface area contributed by atoms with Gasteiger partial charge in [0, 0.05) is 11.8 Å². The lowest BCUT2D eigenvalue weighted by molar-refractivity contribution is -0.115. The maximum absolute atomic E-state index is 11.9. The van der Waals surface area contributed by atoms with Crippen molar-refractivity contribution in [2.45, 2.75) is 13.8 Å². The van der Waals surface area contributed by atoms with E-state index < -0.39 is 0 Å². The zero-order valence-electron chi connectivity index (χ0n) is 13.9. The maximum Gasteiger partial charge on any atom is 0.250 e. The first-order chi connectivity index (χ1) is 11.5. The Bertz CT molecular complexity index is 767. The van der Waals surface area contributed by atoms with Crippen LogP contribution >= 0.6 is 12.2 Å². The summed E-state index contributed by atoms with van der Waals surface area (Å²) >= 11 is 5.16. The van der Waals surface area contributed by atoms with Crippen LogP contribution in [0.4, 0.5) is 5.69 Å². The highest BCUT2D eigenvalue weighted by molar-refractivity contribution is 7.80. The minimum absolute atomic E-state index is 0.266. The van der Waals surface area contributed by atoms with Gasteiger partial charge in [-0.2, -0.15) is 0 Å². The highest BCUT2D eigenvalue weighted by Gasteiger charge is 2.03. The molecule has 0 unspecified atom stereocenters. The van der Waals surface area contributed by atoms with E-state index in [1.54, 1.807) is 13.2 Å². The number of rotatable bonds is 4. The van der Waals surface area contributed by atoms with Crippen molar-refractivity contribution in [1.82, 2.24) is 5.32 Å². The van der Waals surface area contributed by atoms with Crippen molar-refractivity contribution in [3.05, 3.63) is 65.2 Å². The number of thiocarbonyl (C=S) groups is 1. The summed E-state index contributed by atoms with van der Waals surface area (Å²) in [5, 5.41) is 5.89. The second-order valence-corrected chi connectivity index (χ2v) is 5.76. The van der Waals surface area contributed by atoms with Crippen LogP contribution in [0.5, 0.6) is 5.75 Å². The molecule has 24 heavy (non-hydrogen) atoms. The molecular formula is C19H20N2O2S. The summed E-state index contributed by atoms with van der Waals surface area (Å²) in [6.07, 6.45) is 3.16. The quantitative estimate of drug-likeness (QED) is 0.656. The molecule has 0 aliphatic carbocycles. The number of carbonyl (C=O) groups is 1. The van der Waals surface area contributed by atoms with Gasteiger partial charge in [-0.05, 0) is 73.1 Å². The number of methoxy groups -OCH3 is 1. The van der Waals surface area contributed by atoms with E-state index in [0.717, 1.165) is 22.6 Å². The fourth-order valence-corrected chi connectivity index (χ4v) is 2.24. The van der Waals surface area contributed by atoms with Crippen molar-refractivity contribution in [3.8, 4) is 5.75 Å². The predicted molar refractivity (Wildman–Crippen MR) is 102 cm³/mol. The van der Waals surface area contributed by atoms with Crippen molar-refractivity contribution in [2.75, 3.05) is 12.4 Å². The standard InChI is InChI=1S/C19H20N2O2S/c1-13-4-8-16(12-14(13)2)20-19(24)21-18(22)11-7-15-5-9-17(23-3)10-6-15/h4-12H,1-3H3,(H2,20,21,22,24)/b11-7+. The fraction of sp³-hybridized carbons (Fsp3) is 0.158. The Balaban J connectivity index is 1.89. The van der Waals surface area contributed by atoms with E-state index in [1.807, 2.05) is 56.3 Å². The molecule has 1 amide bonds. The fourth-order valence-electron chi connectivity index (χ4n) is 2.02. The summed E-state index contributed by atoms with van der Waals surface area (Å²) in [4.78, 5) is 11.9. The van der Waals surface area contributed by atoms with Crippen LogP contribution in [0.1, 0.15) is 16.7 Å². The zero-order valence-corrected chi connectivity index (χ0v) is 14.7. The number of anilines is 1. The molecule has 2 rings (SSSR count). The maximum atomic E-state index is 11.9. The molecular weight excluding hydrogens is 320 g/mol. The van der Waals surface area contributed by atoms with E-state index in [2.05, 4.69) is 10.6 Å². The molecule has 0 aliphatic heterocycles. The van der Waals surface area contributed by atoms with Gasteiger partial charge in [-0.25, -0.2) is 0 Å². The molecule has 124 valence electrons. The van der Waals surface area contributed by atoms with Crippen molar-refractivity contribution >= 4 is 35.0 Å². The van der Waals surface area contributed by atoms with Gasteiger partial charge in [-0.3, -0.25) is 10.1 Å². The van der Waals surface area contributed by atoms with Crippen LogP contribution in [-0.4, -0.2) is 18.1 Å². The molecule has 0 aliphatic rings. The van der Waals surface area contributed by atoms with Crippen molar-refractivity contribution in [3.63, 3.8) is 0 Å². The van der Waals surface area contributed by atoms with Gasteiger partial charge in [0.25, 0.3) is 0 Å². The van der Waals surface area contributed by atoms with Gasteiger partial charge in [-0.1, -0.05) is 18.2 Å². The third-order valence-corrected chi connectivity index (χ3v) is 3.75. The Morgan fingerprint density at radius 1 is 1.08 bits per heavy atom. The molecule has 0 heterocycles. The summed E-state index contributed by atoms with van der Waals surface area (Å²) in [7, 11) is 1.61. The molecule has 2 N–H and O–H groups in total. The normalized spacial score (nSPS) is 10.5. The first kappa shape index (κ1) is 17.7. The lowest BCUT2D eigenvalue weighted by Crippen LogP contribution is -2.32. The van der Waals surface area contributed by atoms with Crippen LogP contribution in [0.15, 0.2) is 48.5 Å². The monoisotopic (exact) mass is 340 g/mol. The van der Waals surface area contributed by atoms with Gasteiger partial charge >= 0.3 is 0 Å². The van der Waals surface area contributed by atoms with Crippen molar-refractivity contribution < 1.29 is 9.53 Å². The van der Waals surface area contributed by atoms with Gasteiger partial charge in [0.15, 0.2) is 5.11 Å². The number of benzene rings is 2. The van der Waals surface area contributed by atoms with Gasteiger partial charge in [0.05, 0.1) is 7.11 Å². The second-order valence-electron chi connectivity index (χ2n) is 5.35. The van der Waals surface area contributed by atoms with Crippen LogP contribution in [0, 0.1) is 13.8 Å².